The molecule has 0 unspecified atom stereocenters. The van der Waals surface area contributed by atoms with Gasteiger partial charge in [0.2, 0.25) is 0 Å². The van der Waals surface area contributed by atoms with E-state index in [1.54, 1.807) is 42.5 Å². The molecule has 0 aliphatic carbocycles. The summed E-state index contributed by atoms with van der Waals surface area (Å²) in [6.07, 6.45) is 0. The Kier molecular flexibility index (Phi) is 5.69. The van der Waals surface area contributed by atoms with Crippen molar-refractivity contribution in [1.82, 2.24) is 0 Å². The number of esters is 1. The zero-order valence-corrected chi connectivity index (χ0v) is 17.4. The highest BCUT2D eigenvalue weighted by molar-refractivity contribution is 7.90. The molecule has 32 heavy (non-hydrogen) atoms. The van der Waals surface area contributed by atoms with Crippen LogP contribution in [-0.2, 0) is 14.8 Å². The molecule has 10 heteroatoms. The van der Waals surface area contributed by atoms with Gasteiger partial charge in [-0.25, -0.2) is 4.79 Å². The molecule has 1 N–H and O–H groups in total. The first-order chi connectivity index (χ1) is 15.4. The summed E-state index contributed by atoms with van der Waals surface area (Å²) in [5, 5.41) is 14.0. The van der Waals surface area contributed by atoms with Crippen molar-refractivity contribution in [3.8, 4) is 0 Å². The van der Waals surface area contributed by atoms with Crippen molar-refractivity contribution in [3.63, 3.8) is 0 Å². The summed E-state index contributed by atoms with van der Waals surface area (Å²) in [5.41, 5.74) is 1.99. The number of nitro groups is 1. The number of nitrogens with one attached hydrogen (secondary N) is 1. The summed E-state index contributed by atoms with van der Waals surface area (Å²) >= 11 is 0. The van der Waals surface area contributed by atoms with Crippen LogP contribution in [0.15, 0.2) is 82.1 Å². The van der Waals surface area contributed by atoms with Crippen molar-refractivity contribution in [3.05, 3.63) is 99.6 Å². The number of nitro benzene ring substituents is 1. The van der Waals surface area contributed by atoms with Crippen LogP contribution in [0, 0.1) is 10.1 Å². The smallest absolute Gasteiger partial charge is 0.338 e. The Labute approximate surface area is 183 Å². The lowest BCUT2D eigenvalue weighted by molar-refractivity contribution is -0.384. The summed E-state index contributed by atoms with van der Waals surface area (Å²) in [6, 6.07) is 19.0. The first kappa shape index (κ1) is 21.2. The second-order valence-electron chi connectivity index (χ2n) is 6.83. The van der Waals surface area contributed by atoms with Crippen LogP contribution >= 0.6 is 0 Å². The Balaban J connectivity index is 1.45. The zero-order valence-electron chi connectivity index (χ0n) is 16.6. The van der Waals surface area contributed by atoms with Gasteiger partial charge in [0.05, 0.1) is 21.1 Å². The van der Waals surface area contributed by atoms with Crippen molar-refractivity contribution in [1.29, 1.82) is 0 Å². The summed E-state index contributed by atoms with van der Waals surface area (Å²) in [4.78, 5) is 22.6. The lowest BCUT2D eigenvalue weighted by Crippen LogP contribution is -2.15. The summed E-state index contributed by atoms with van der Waals surface area (Å²) in [5.74, 6) is -0.677. The maximum atomic E-state index is 12.4. The lowest BCUT2D eigenvalue weighted by atomic mass is 10.0. The molecule has 0 bridgehead atoms. The van der Waals surface area contributed by atoms with E-state index in [4.69, 9.17) is 4.74 Å². The van der Waals surface area contributed by atoms with Gasteiger partial charge in [-0.2, -0.15) is 12.8 Å². The fraction of sp³-hybridized carbons (Fsp3) is 0.0909. The summed E-state index contributed by atoms with van der Waals surface area (Å²) in [6.45, 7) is 0.233. The number of para-hydroxylation sites is 1. The van der Waals surface area contributed by atoms with E-state index in [2.05, 4.69) is 9.71 Å². The second-order valence-corrected chi connectivity index (χ2v) is 8.40. The molecule has 0 aromatic heterocycles. The maximum absolute atomic E-state index is 12.4. The predicted molar refractivity (Wildman–Crippen MR) is 118 cm³/mol. The summed E-state index contributed by atoms with van der Waals surface area (Å²) in [7, 11) is -3.75. The first-order valence-electron chi connectivity index (χ1n) is 9.56. The predicted octanol–water partition coefficient (Wildman–Crippen LogP) is 3.40. The number of rotatable bonds is 7. The molecule has 4 rings (SSSR count). The van der Waals surface area contributed by atoms with E-state index in [1.165, 1.54) is 24.3 Å². The maximum Gasteiger partial charge on any atom is 0.338 e. The van der Waals surface area contributed by atoms with Crippen molar-refractivity contribution in [2.45, 2.75) is 4.90 Å². The van der Waals surface area contributed by atoms with Gasteiger partial charge in [0.1, 0.15) is 6.61 Å². The minimum absolute atomic E-state index is 0.00276. The molecule has 3 aromatic rings. The molecule has 3 aromatic carbocycles. The van der Waals surface area contributed by atoms with Crippen LogP contribution in [0.1, 0.15) is 21.5 Å². The number of ether oxygens (including phenoxy) is 1. The molecule has 0 saturated carbocycles. The monoisotopic (exact) mass is 451 g/mol. The van der Waals surface area contributed by atoms with Gasteiger partial charge in [0.25, 0.3) is 15.7 Å². The second kappa shape index (κ2) is 8.60. The van der Waals surface area contributed by atoms with E-state index >= 15 is 0 Å². The Morgan fingerprint density at radius 2 is 1.72 bits per heavy atom. The van der Waals surface area contributed by atoms with Crippen LogP contribution in [0.4, 0.5) is 11.4 Å². The summed E-state index contributed by atoms with van der Waals surface area (Å²) < 4.78 is 33.9. The zero-order chi connectivity index (χ0) is 22.7. The SMILES string of the molecule is O=C(OCCNc1ccccc1C1=NS(=O)(=O)c2ccccc21)c1cccc([N+](=O)[O-])c1. The normalized spacial score (nSPS) is 13.7. The lowest BCUT2D eigenvalue weighted by Gasteiger charge is -2.12. The fourth-order valence-electron chi connectivity index (χ4n) is 3.30. The highest BCUT2D eigenvalue weighted by Gasteiger charge is 2.30. The molecule has 0 spiro atoms. The third kappa shape index (κ3) is 4.21. The van der Waals surface area contributed by atoms with E-state index in [9.17, 15) is 23.3 Å². The average Bonchev–Trinajstić information content (AvgIpc) is 3.08. The van der Waals surface area contributed by atoms with Crippen molar-refractivity contribution >= 4 is 33.1 Å². The number of carbonyl (C=O) groups excluding carboxylic acids is 1. The Bertz CT molecular complexity index is 1350. The molecule has 9 nitrogen and oxygen atoms in total. The standard InChI is InChI=1S/C22H17N3O6S/c26-22(15-6-5-7-16(14-15)25(27)28)31-13-12-23-19-10-3-1-8-17(19)21-18-9-2-4-11-20(18)32(29,30)24-21/h1-11,14,23H,12-13H2. The highest BCUT2D eigenvalue weighted by Crippen LogP contribution is 2.31. The largest absolute Gasteiger partial charge is 0.460 e. The van der Waals surface area contributed by atoms with Gasteiger partial charge < -0.3 is 10.1 Å². The van der Waals surface area contributed by atoms with E-state index in [0.717, 1.165) is 6.07 Å². The quantitative estimate of drug-likeness (QED) is 0.252. The Hall–Kier alpha value is -4.05. The van der Waals surface area contributed by atoms with Gasteiger partial charge in [-0.05, 0) is 18.2 Å². The number of sulfonamides is 1. The molecule has 0 saturated heterocycles. The Morgan fingerprint density at radius 3 is 2.50 bits per heavy atom. The molecule has 162 valence electrons. The molecule has 1 heterocycles. The minimum Gasteiger partial charge on any atom is -0.460 e. The van der Waals surface area contributed by atoms with Crippen LogP contribution in [0.3, 0.4) is 0 Å². The van der Waals surface area contributed by atoms with Crippen LogP contribution in [-0.4, -0.2) is 38.2 Å². The van der Waals surface area contributed by atoms with Gasteiger partial charge in [0.15, 0.2) is 0 Å². The van der Waals surface area contributed by atoms with Crippen LogP contribution < -0.4 is 5.32 Å². The van der Waals surface area contributed by atoms with Crippen molar-refractivity contribution < 1.29 is 22.9 Å². The average molecular weight is 451 g/mol. The van der Waals surface area contributed by atoms with Crippen LogP contribution in [0.2, 0.25) is 0 Å². The third-order valence-electron chi connectivity index (χ3n) is 4.76. The van der Waals surface area contributed by atoms with Crippen LogP contribution in [0.5, 0.6) is 0 Å². The van der Waals surface area contributed by atoms with E-state index in [0.29, 0.717) is 22.5 Å². The number of hydrogen-bond donors (Lipinski definition) is 1. The van der Waals surface area contributed by atoms with Crippen molar-refractivity contribution in [2.24, 2.45) is 4.40 Å². The van der Waals surface area contributed by atoms with E-state index in [-0.39, 0.29) is 29.3 Å². The third-order valence-corrected chi connectivity index (χ3v) is 6.09. The number of carbonyl (C=O) groups is 1. The Morgan fingerprint density at radius 1 is 1.00 bits per heavy atom. The van der Waals surface area contributed by atoms with Gasteiger partial charge in [-0.15, -0.1) is 0 Å². The molecular weight excluding hydrogens is 434 g/mol. The topological polar surface area (TPSA) is 128 Å². The van der Waals surface area contributed by atoms with Gasteiger partial charge in [0, 0.05) is 35.5 Å². The molecule has 0 atom stereocenters. The van der Waals surface area contributed by atoms with Crippen LogP contribution in [0.25, 0.3) is 0 Å². The molecule has 0 radical (unpaired) electrons. The fourth-order valence-corrected chi connectivity index (χ4v) is 4.53. The van der Waals surface area contributed by atoms with E-state index in [1.807, 2.05) is 0 Å². The highest BCUT2D eigenvalue weighted by atomic mass is 32.2. The van der Waals surface area contributed by atoms with Gasteiger partial charge >= 0.3 is 5.97 Å². The number of nitrogens with zero attached hydrogens (tertiary/aromatic N) is 2. The molecule has 1 aliphatic heterocycles. The molecule has 0 fully saturated rings. The molecule has 1 aliphatic rings. The number of hydrogen-bond acceptors (Lipinski definition) is 7. The van der Waals surface area contributed by atoms with Gasteiger partial charge in [-0.3, -0.25) is 10.1 Å². The van der Waals surface area contributed by atoms with E-state index < -0.39 is 20.9 Å². The number of fused-ring (bicyclic) bond motifs is 1. The number of anilines is 1. The number of benzene rings is 3. The minimum atomic E-state index is -3.75. The van der Waals surface area contributed by atoms with Crippen molar-refractivity contribution in [2.75, 3.05) is 18.5 Å². The van der Waals surface area contributed by atoms with Gasteiger partial charge in [-0.1, -0.05) is 42.5 Å². The number of non-ortho nitro benzene ring substituents is 1. The molecular formula is C22H17N3O6S. The first-order valence-corrected chi connectivity index (χ1v) is 11.0. The molecule has 0 amide bonds.